The zero-order valence-corrected chi connectivity index (χ0v) is 8.21. The molecule has 0 spiro atoms. The second-order valence-corrected chi connectivity index (χ2v) is 4.65. The molecule has 0 aromatic heterocycles. The third-order valence-corrected chi connectivity index (χ3v) is 1.76. The summed E-state index contributed by atoms with van der Waals surface area (Å²) in [5, 5.41) is 0. The zero-order chi connectivity index (χ0) is 9.83. The minimum absolute atomic E-state index is 0.0891. The normalized spacial score (nSPS) is 17.4. The number of hydrogen-bond donors (Lipinski definition) is 0. The number of hydrogen-bond acceptors (Lipinski definition) is 4. The highest BCUT2D eigenvalue weighted by Crippen LogP contribution is 2.38. The molecule has 0 N–H and O–H groups in total. The lowest BCUT2D eigenvalue weighted by Gasteiger charge is -2.25. The van der Waals surface area contributed by atoms with E-state index in [1.165, 1.54) is 0 Å². The minimum Gasteiger partial charge on any atom is -0.754 e. The Bertz CT molecular complexity index is 181. The molecule has 74 valence electrons. The first-order valence-electron chi connectivity index (χ1n) is 3.33. The van der Waals surface area contributed by atoms with Crippen LogP contribution in [-0.2, 0) is 13.8 Å². The van der Waals surface area contributed by atoms with Crippen LogP contribution in [0.25, 0.3) is 0 Å². The highest BCUT2D eigenvalue weighted by Gasteiger charge is 2.13. The van der Waals surface area contributed by atoms with Gasteiger partial charge in [0.1, 0.15) is 13.2 Å². The lowest BCUT2D eigenvalue weighted by molar-refractivity contribution is -0.870. The molecule has 0 aliphatic carbocycles. The number of halogens is 1. The van der Waals surface area contributed by atoms with Crippen LogP contribution in [0.1, 0.15) is 0 Å². The molecule has 1 atom stereocenters. The first-order valence-corrected chi connectivity index (χ1v) is 4.79. The van der Waals surface area contributed by atoms with Crippen molar-refractivity contribution in [2.24, 2.45) is 0 Å². The average Bonchev–Trinajstić information content (AvgIpc) is 1.84. The molecular weight excluding hydrogens is 188 g/mol. The van der Waals surface area contributed by atoms with E-state index >= 15 is 0 Å². The van der Waals surface area contributed by atoms with Gasteiger partial charge in [-0.3, -0.25) is 4.57 Å². The van der Waals surface area contributed by atoms with Gasteiger partial charge in [-0.2, -0.15) is 0 Å². The third-order valence-electron chi connectivity index (χ3n) is 1.10. The number of quaternary nitrogens is 1. The Morgan fingerprint density at radius 3 is 2.33 bits per heavy atom. The van der Waals surface area contributed by atoms with Gasteiger partial charge in [-0.05, 0) is 4.53 Å². The predicted octanol–water partition coefficient (Wildman–Crippen LogP) is 0.0787. The van der Waals surface area contributed by atoms with Gasteiger partial charge in [0.15, 0.2) is 0 Å². The number of rotatable bonds is 5. The molecule has 0 saturated heterocycles. The van der Waals surface area contributed by atoms with Crippen LogP contribution < -0.4 is 4.89 Å². The van der Waals surface area contributed by atoms with Crippen LogP contribution in [0.3, 0.4) is 0 Å². The van der Waals surface area contributed by atoms with Crippen LogP contribution in [0, 0.1) is 0 Å². The van der Waals surface area contributed by atoms with Crippen molar-refractivity contribution >= 4 is 7.82 Å². The molecule has 0 bridgehead atoms. The predicted molar refractivity (Wildman–Crippen MR) is 38.7 cm³/mol. The highest BCUT2D eigenvalue weighted by molar-refractivity contribution is 7.45. The third kappa shape index (κ3) is 6.69. The first kappa shape index (κ1) is 12.0. The maximum Gasteiger partial charge on any atom is 0.303 e. The van der Waals surface area contributed by atoms with Crippen LogP contribution >= 0.6 is 7.82 Å². The van der Waals surface area contributed by atoms with Crippen LogP contribution in [-0.4, -0.2) is 38.8 Å². The standard InChI is InChI=1S/C5H13FNO4P/c1-7(2,3)4-5-10-12(8,9)11-6/h4-5H2,1-3H3. The van der Waals surface area contributed by atoms with E-state index in [2.05, 4.69) is 9.25 Å². The summed E-state index contributed by atoms with van der Waals surface area (Å²) in [6, 6.07) is 0. The van der Waals surface area contributed by atoms with Crippen molar-refractivity contribution in [3.8, 4) is 0 Å². The number of likely N-dealkylation sites (N-methyl/N-ethyl adjacent to an activating group) is 1. The van der Waals surface area contributed by atoms with Crippen molar-refractivity contribution in [1.29, 1.82) is 0 Å². The van der Waals surface area contributed by atoms with E-state index in [-0.39, 0.29) is 6.61 Å². The fraction of sp³-hybridized carbons (Fsp3) is 1.00. The molecule has 5 nitrogen and oxygen atoms in total. The van der Waals surface area contributed by atoms with Gasteiger partial charge < -0.3 is 13.9 Å². The van der Waals surface area contributed by atoms with Crippen molar-refractivity contribution in [2.75, 3.05) is 34.3 Å². The Kier molecular flexibility index (Phi) is 4.30. The highest BCUT2D eigenvalue weighted by atomic mass is 31.2. The van der Waals surface area contributed by atoms with Gasteiger partial charge in [-0.25, -0.2) is 0 Å². The Morgan fingerprint density at radius 1 is 1.50 bits per heavy atom. The van der Waals surface area contributed by atoms with E-state index in [9.17, 15) is 14.0 Å². The van der Waals surface area contributed by atoms with E-state index in [1.54, 1.807) is 0 Å². The molecule has 7 heteroatoms. The minimum atomic E-state index is -4.69. The molecule has 0 heterocycles. The zero-order valence-electron chi connectivity index (χ0n) is 7.32. The summed E-state index contributed by atoms with van der Waals surface area (Å²) in [6.07, 6.45) is 0. The molecule has 0 aromatic carbocycles. The molecule has 1 unspecified atom stereocenters. The summed E-state index contributed by atoms with van der Waals surface area (Å²) < 4.78 is 28.8. The monoisotopic (exact) mass is 201 g/mol. The average molecular weight is 201 g/mol. The number of phosphoric ester groups is 1. The number of phosphoric acid groups is 1. The van der Waals surface area contributed by atoms with E-state index in [0.29, 0.717) is 11.0 Å². The van der Waals surface area contributed by atoms with E-state index in [1.807, 2.05) is 21.1 Å². The summed E-state index contributed by atoms with van der Waals surface area (Å²) in [6.45, 7) is 0.365. The quantitative estimate of drug-likeness (QED) is 0.466. The van der Waals surface area contributed by atoms with E-state index in [0.717, 1.165) is 0 Å². The fourth-order valence-electron chi connectivity index (χ4n) is 0.446. The maximum atomic E-state index is 11.2. The van der Waals surface area contributed by atoms with Crippen LogP contribution in [0.2, 0.25) is 0 Å². The molecule has 0 aliphatic heterocycles. The van der Waals surface area contributed by atoms with Crippen LogP contribution in [0.4, 0.5) is 4.53 Å². The molecular formula is C5H13FNO4P. The van der Waals surface area contributed by atoms with Crippen molar-refractivity contribution in [3.63, 3.8) is 0 Å². The van der Waals surface area contributed by atoms with Gasteiger partial charge >= 0.3 is 7.82 Å². The van der Waals surface area contributed by atoms with Gasteiger partial charge in [-0.1, -0.05) is 0 Å². The molecule has 0 rings (SSSR count). The Labute approximate surface area is 70.8 Å². The van der Waals surface area contributed by atoms with Gasteiger partial charge in [0.2, 0.25) is 0 Å². The summed E-state index contributed by atoms with van der Waals surface area (Å²) in [5.74, 6) is 0. The molecule has 0 aromatic rings. The van der Waals surface area contributed by atoms with Crippen LogP contribution in [0.15, 0.2) is 0 Å². The van der Waals surface area contributed by atoms with Crippen molar-refractivity contribution in [2.45, 2.75) is 0 Å². The van der Waals surface area contributed by atoms with Crippen molar-refractivity contribution in [1.82, 2.24) is 0 Å². The fourth-order valence-corrected chi connectivity index (χ4v) is 0.792. The molecule has 0 radical (unpaired) electrons. The van der Waals surface area contributed by atoms with Crippen LogP contribution in [0.5, 0.6) is 0 Å². The molecule has 0 aliphatic rings. The maximum absolute atomic E-state index is 11.2. The lowest BCUT2D eigenvalue weighted by atomic mass is 10.5. The molecule has 0 amide bonds. The first-order chi connectivity index (χ1) is 5.27. The second-order valence-electron chi connectivity index (χ2n) is 3.36. The van der Waals surface area contributed by atoms with Gasteiger partial charge in [0.05, 0.1) is 21.1 Å². The molecule has 0 fully saturated rings. The smallest absolute Gasteiger partial charge is 0.303 e. The Morgan fingerprint density at radius 2 is 2.00 bits per heavy atom. The van der Waals surface area contributed by atoms with Crippen molar-refractivity contribution in [3.05, 3.63) is 0 Å². The molecule has 12 heavy (non-hydrogen) atoms. The topological polar surface area (TPSA) is 58.6 Å². The Hall–Kier alpha value is -0.0000000000000000555. The summed E-state index contributed by atoms with van der Waals surface area (Å²) in [4.78, 5) is 10.3. The summed E-state index contributed by atoms with van der Waals surface area (Å²) in [7, 11) is 0.883. The number of nitrogens with zero attached hydrogens (tertiary/aromatic N) is 1. The lowest BCUT2D eigenvalue weighted by Crippen LogP contribution is -2.37. The summed E-state index contributed by atoms with van der Waals surface area (Å²) >= 11 is 0. The van der Waals surface area contributed by atoms with E-state index in [4.69, 9.17) is 0 Å². The SMILES string of the molecule is C[N+](C)(C)CCOP(=O)([O-])OF. The Balaban J connectivity index is 3.65. The van der Waals surface area contributed by atoms with Crippen molar-refractivity contribution < 1.29 is 27.7 Å². The van der Waals surface area contributed by atoms with Gasteiger partial charge in [-0.15, -0.1) is 4.73 Å². The van der Waals surface area contributed by atoms with Gasteiger partial charge in [0.25, 0.3) is 0 Å². The van der Waals surface area contributed by atoms with E-state index < -0.39 is 7.82 Å². The van der Waals surface area contributed by atoms with Gasteiger partial charge in [0, 0.05) is 0 Å². The second kappa shape index (κ2) is 4.30. The largest absolute Gasteiger partial charge is 0.754 e. The summed E-state index contributed by atoms with van der Waals surface area (Å²) in [5.41, 5.74) is 0. The molecule has 0 saturated carbocycles.